The van der Waals surface area contributed by atoms with E-state index in [2.05, 4.69) is 30.5 Å². The van der Waals surface area contributed by atoms with E-state index < -0.39 is 0 Å². The monoisotopic (exact) mass is 258 g/mol. The van der Waals surface area contributed by atoms with E-state index in [0.717, 1.165) is 5.75 Å². The summed E-state index contributed by atoms with van der Waals surface area (Å²) in [5.41, 5.74) is 3.10. The third kappa shape index (κ3) is 1.79. The van der Waals surface area contributed by atoms with Crippen molar-refractivity contribution in [3.05, 3.63) is 35.4 Å². The van der Waals surface area contributed by atoms with Crippen molar-refractivity contribution >= 4 is 22.5 Å². The van der Waals surface area contributed by atoms with Gasteiger partial charge in [0.05, 0.1) is 12.0 Å². The zero-order valence-corrected chi connectivity index (χ0v) is 11.8. The quantitative estimate of drug-likeness (QED) is 0.736. The largest absolute Gasteiger partial charge is 0.496 e. The maximum atomic E-state index is 5.51. The van der Waals surface area contributed by atoms with Crippen LogP contribution in [0.1, 0.15) is 24.0 Å². The van der Waals surface area contributed by atoms with E-state index in [0.29, 0.717) is 0 Å². The van der Waals surface area contributed by atoms with Gasteiger partial charge < -0.3 is 4.74 Å². The van der Waals surface area contributed by atoms with Crippen LogP contribution in [-0.2, 0) is 12.8 Å². The number of rotatable bonds is 2. The van der Waals surface area contributed by atoms with Gasteiger partial charge in [-0.3, -0.25) is 0 Å². The fourth-order valence-electron chi connectivity index (χ4n) is 2.98. The number of hydrogen-bond acceptors (Lipinski definition) is 2. The molecule has 0 fully saturated rings. The third-order valence-electron chi connectivity index (χ3n) is 3.85. The Balaban J connectivity index is 2.36. The van der Waals surface area contributed by atoms with Crippen molar-refractivity contribution in [2.45, 2.75) is 30.6 Å². The molecule has 1 aliphatic carbocycles. The molecular weight excluding hydrogens is 240 g/mol. The molecule has 0 saturated heterocycles. The fourth-order valence-corrected chi connectivity index (χ4v) is 3.78. The molecule has 0 heterocycles. The molecule has 1 aliphatic rings. The van der Waals surface area contributed by atoms with Gasteiger partial charge in [-0.15, -0.1) is 11.8 Å². The Hall–Kier alpha value is -1.15. The Bertz CT molecular complexity index is 558. The predicted molar refractivity (Wildman–Crippen MR) is 78.9 cm³/mol. The molecule has 0 saturated carbocycles. The Kier molecular flexibility index (Phi) is 3.21. The molecule has 0 aromatic heterocycles. The lowest BCUT2D eigenvalue weighted by Crippen LogP contribution is -2.04. The van der Waals surface area contributed by atoms with Crippen molar-refractivity contribution in [2.75, 3.05) is 13.4 Å². The van der Waals surface area contributed by atoms with Gasteiger partial charge in [0, 0.05) is 5.39 Å². The predicted octanol–water partition coefficient (Wildman–Crippen LogP) is 4.45. The van der Waals surface area contributed by atoms with Gasteiger partial charge in [0.2, 0.25) is 0 Å². The van der Waals surface area contributed by atoms with E-state index in [4.69, 9.17) is 4.74 Å². The van der Waals surface area contributed by atoms with Gasteiger partial charge in [0.1, 0.15) is 5.75 Å². The molecule has 2 heteroatoms. The first-order chi connectivity index (χ1) is 8.85. The van der Waals surface area contributed by atoms with E-state index in [1.807, 2.05) is 0 Å². The number of benzene rings is 2. The van der Waals surface area contributed by atoms with Gasteiger partial charge in [-0.25, -0.2) is 0 Å². The molecule has 2 aromatic carbocycles. The summed E-state index contributed by atoms with van der Waals surface area (Å²) in [6.07, 6.45) is 7.23. The van der Waals surface area contributed by atoms with E-state index >= 15 is 0 Å². The zero-order chi connectivity index (χ0) is 12.5. The minimum Gasteiger partial charge on any atom is -0.496 e. The zero-order valence-electron chi connectivity index (χ0n) is 11.0. The highest BCUT2D eigenvalue weighted by molar-refractivity contribution is 7.99. The minimum atomic E-state index is 1.01. The standard InChI is InChI=1S/C16H18OS/c1-17-14-10-9-12-8-7-11-5-3-4-6-13(11)15(12)16(14)18-2/h7-10H,3-6H2,1-2H3. The first-order valence-corrected chi connectivity index (χ1v) is 7.73. The average Bonchev–Trinajstić information content (AvgIpc) is 2.45. The van der Waals surface area contributed by atoms with Gasteiger partial charge in [-0.1, -0.05) is 18.2 Å². The molecule has 0 radical (unpaired) electrons. The highest BCUT2D eigenvalue weighted by Crippen LogP contribution is 2.39. The summed E-state index contributed by atoms with van der Waals surface area (Å²) >= 11 is 1.80. The maximum absolute atomic E-state index is 5.51. The summed E-state index contributed by atoms with van der Waals surface area (Å²) in [5.74, 6) is 1.01. The normalized spacial score (nSPS) is 14.6. The lowest BCUT2D eigenvalue weighted by atomic mass is 9.87. The smallest absolute Gasteiger partial charge is 0.133 e. The second-order valence-electron chi connectivity index (χ2n) is 4.81. The van der Waals surface area contributed by atoms with Crippen LogP contribution in [0.3, 0.4) is 0 Å². The van der Waals surface area contributed by atoms with E-state index in [-0.39, 0.29) is 0 Å². The second kappa shape index (κ2) is 4.85. The van der Waals surface area contributed by atoms with Crippen LogP contribution in [0, 0.1) is 0 Å². The van der Waals surface area contributed by atoms with Crippen LogP contribution in [0.25, 0.3) is 10.8 Å². The molecule has 0 unspecified atom stereocenters. The first-order valence-electron chi connectivity index (χ1n) is 6.50. The van der Waals surface area contributed by atoms with Crippen LogP contribution in [0.15, 0.2) is 29.2 Å². The van der Waals surface area contributed by atoms with E-state index in [9.17, 15) is 0 Å². The number of hydrogen-bond donors (Lipinski definition) is 0. The number of methoxy groups -OCH3 is 1. The van der Waals surface area contributed by atoms with Crippen LogP contribution in [0.5, 0.6) is 5.75 Å². The highest BCUT2D eigenvalue weighted by atomic mass is 32.2. The van der Waals surface area contributed by atoms with Crippen LogP contribution in [0.2, 0.25) is 0 Å². The fraction of sp³-hybridized carbons (Fsp3) is 0.375. The van der Waals surface area contributed by atoms with Crippen molar-refractivity contribution in [1.29, 1.82) is 0 Å². The van der Waals surface area contributed by atoms with Crippen LogP contribution in [-0.4, -0.2) is 13.4 Å². The van der Waals surface area contributed by atoms with Gasteiger partial charge >= 0.3 is 0 Å². The van der Waals surface area contributed by atoms with Gasteiger partial charge in [-0.2, -0.15) is 0 Å². The van der Waals surface area contributed by atoms with Gasteiger partial charge in [-0.05, 0) is 54.5 Å². The SMILES string of the molecule is COc1ccc2ccc3c(c2c1SC)CCCC3. The van der Waals surface area contributed by atoms with Crippen molar-refractivity contribution in [2.24, 2.45) is 0 Å². The van der Waals surface area contributed by atoms with Crippen molar-refractivity contribution in [3.8, 4) is 5.75 Å². The lowest BCUT2D eigenvalue weighted by Gasteiger charge is -2.20. The summed E-state index contributed by atoms with van der Waals surface area (Å²) in [6, 6.07) is 8.85. The Labute approximate surface area is 113 Å². The minimum absolute atomic E-state index is 1.01. The molecule has 0 atom stereocenters. The highest BCUT2D eigenvalue weighted by Gasteiger charge is 2.16. The first kappa shape index (κ1) is 11.9. The van der Waals surface area contributed by atoms with Crippen molar-refractivity contribution in [1.82, 2.24) is 0 Å². The topological polar surface area (TPSA) is 9.23 Å². The Morgan fingerprint density at radius 3 is 2.61 bits per heavy atom. The molecule has 2 aromatic rings. The number of fused-ring (bicyclic) bond motifs is 3. The summed E-state index contributed by atoms with van der Waals surface area (Å²) < 4.78 is 5.51. The second-order valence-corrected chi connectivity index (χ2v) is 5.63. The number of aryl methyl sites for hydroxylation is 2. The average molecular weight is 258 g/mol. The molecule has 18 heavy (non-hydrogen) atoms. The lowest BCUT2D eigenvalue weighted by molar-refractivity contribution is 0.406. The summed E-state index contributed by atoms with van der Waals surface area (Å²) in [4.78, 5) is 1.30. The summed E-state index contributed by atoms with van der Waals surface area (Å²) in [6.45, 7) is 0. The molecule has 0 spiro atoms. The Morgan fingerprint density at radius 2 is 1.83 bits per heavy atom. The van der Waals surface area contributed by atoms with E-state index in [1.54, 1.807) is 24.4 Å². The summed E-state index contributed by atoms with van der Waals surface area (Å²) in [5, 5.41) is 2.78. The van der Waals surface area contributed by atoms with Crippen LogP contribution >= 0.6 is 11.8 Å². The van der Waals surface area contributed by atoms with Crippen molar-refractivity contribution in [3.63, 3.8) is 0 Å². The van der Waals surface area contributed by atoms with Crippen LogP contribution < -0.4 is 4.74 Å². The van der Waals surface area contributed by atoms with Crippen LogP contribution in [0.4, 0.5) is 0 Å². The molecule has 0 bridgehead atoms. The molecule has 1 nitrogen and oxygen atoms in total. The number of ether oxygens (including phenoxy) is 1. The van der Waals surface area contributed by atoms with Gasteiger partial charge in [0.25, 0.3) is 0 Å². The maximum Gasteiger partial charge on any atom is 0.133 e. The molecule has 0 aliphatic heterocycles. The molecule has 0 N–H and O–H groups in total. The third-order valence-corrected chi connectivity index (χ3v) is 4.67. The van der Waals surface area contributed by atoms with Gasteiger partial charge in [0.15, 0.2) is 0 Å². The van der Waals surface area contributed by atoms with Crippen molar-refractivity contribution < 1.29 is 4.74 Å². The Morgan fingerprint density at radius 1 is 1.06 bits per heavy atom. The molecule has 3 rings (SSSR count). The molecular formula is C16H18OS. The number of thioether (sulfide) groups is 1. The van der Waals surface area contributed by atoms with E-state index in [1.165, 1.54) is 46.9 Å². The molecule has 94 valence electrons. The summed E-state index contributed by atoms with van der Waals surface area (Å²) in [7, 11) is 1.76. The molecule has 0 amide bonds.